The number of rotatable bonds is 4. The third-order valence-corrected chi connectivity index (χ3v) is 1.81. The molecule has 0 aromatic heterocycles. The fraction of sp³-hybridized carbons (Fsp3) is 0.333. The molecule has 0 saturated carbocycles. The molecule has 0 saturated heterocycles. The van der Waals surface area contributed by atoms with Crippen LogP contribution in [0.4, 0.5) is 0 Å². The van der Waals surface area contributed by atoms with E-state index in [4.69, 9.17) is 17.1 Å². The minimum atomic E-state index is -3.03. The third kappa shape index (κ3) is 4.49. The number of hydrogen-bond donors (Lipinski definition) is 5. The number of hydrogen-bond acceptors (Lipinski definition) is 3. The summed E-state index contributed by atoms with van der Waals surface area (Å²) in [6, 6.07) is 0. The van der Waals surface area contributed by atoms with Crippen LogP contribution in [0.15, 0.2) is 12.3 Å². The first-order chi connectivity index (χ1) is 4.62. The zero-order valence-electron chi connectivity index (χ0n) is 5.45. The molecule has 0 heterocycles. The summed E-state index contributed by atoms with van der Waals surface area (Å²) in [4.78, 5) is 0. The zero-order chi connectivity index (χ0) is 8.04. The first kappa shape index (κ1) is 9.61. The van der Waals surface area contributed by atoms with Crippen molar-refractivity contribution in [1.82, 2.24) is 10.3 Å². The van der Waals surface area contributed by atoms with Gasteiger partial charge in [-0.1, -0.05) is 6.08 Å². The van der Waals surface area contributed by atoms with Crippen LogP contribution in [0.5, 0.6) is 0 Å². The standard InChI is InChI=1S/C3H12N5OP/c4-2-1-3-7-10(6,9)8-5/h1-2H,3-5H2,(H4,6,7,8,9). The largest absolute Gasteiger partial charge is 0.405 e. The molecular weight excluding hydrogens is 153 g/mol. The third-order valence-electron chi connectivity index (χ3n) is 0.772. The zero-order valence-corrected chi connectivity index (χ0v) is 6.34. The highest BCUT2D eigenvalue weighted by atomic mass is 31.2. The molecule has 0 spiro atoms. The second-order valence-corrected chi connectivity index (χ2v) is 3.47. The van der Waals surface area contributed by atoms with Gasteiger partial charge in [-0.3, -0.25) is 15.9 Å². The van der Waals surface area contributed by atoms with E-state index >= 15 is 0 Å². The van der Waals surface area contributed by atoms with Crippen LogP contribution in [0.3, 0.4) is 0 Å². The van der Waals surface area contributed by atoms with E-state index in [1.165, 1.54) is 6.20 Å². The Balaban J connectivity index is 3.57. The van der Waals surface area contributed by atoms with Crippen molar-refractivity contribution in [2.24, 2.45) is 17.1 Å². The summed E-state index contributed by atoms with van der Waals surface area (Å²) in [6.45, 7) is 0.328. The minimum absolute atomic E-state index is 0.328. The van der Waals surface area contributed by atoms with Crippen LogP contribution in [-0.2, 0) is 4.57 Å². The van der Waals surface area contributed by atoms with Crippen molar-refractivity contribution in [3.8, 4) is 0 Å². The minimum Gasteiger partial charge on any atom is -0.405 e. The summed E-state index contributed by atoms with van der Waals surface area (Å²) in [5.74, 6) is 4.83. The van der Waals surface area contributed by atoms with Gasteiger partial charge in [0.25, 0.3) is 7.59 Å². The Hall–Kier alpha value is -0.390. The van der Waals surface area contributed by atoms with Gasteiger partial charge in [-0.2, -0.15) is 5.20 Å². The van der Waals surface area contributed by atoms with Gasteiger partial charge in [0, 0.05) is 6.54 Å². The summed E-state index contributed by atoms with van der Waals surface area (Å²) < 4.78 is 10.8. The summed E-state index contributed by atoms with van der Waals surface area (Å²) >= 11 is 0. The lowest BCUT2D eigenvalue weighted by Gasteiger charge is -2.09. The lowest BCUT2D eigenvalue weighted by Crippen LogP contribution is -2.32. The summed E-state index contributed by atoms with van der Waals surface area (Å²) in [7, 11) is -3.03. The van der Waals surface area contributed by atoms with Crippen LogP contribution >= 0.6 is 7.59 Å². The van der Waals surface area contributed by atoms with Gasteiger partial charge in [-0.15, -0.1) is 0 Å². The van der Waals surface area contributed by atoms with E-state index in [1.54, 1.807) is 6.08 Å². The van der Waals surface area contributed by atoms with Crippen molar-refractivity contribution >= 4 is 7.59 Å². The van der Waals surface area contributed by atoms with Crippen molar-refractivity contribution < 1.29 is 4.57 Å². The number of nitrogens with two attached hydrogens (primary N) is 3. The molecule has 0 radical (unpaired) electrons. The molecule has 0 amide bonds. The normalized spacial score (nSPS) is 17.4. The van der Waals surface area contributed by atoms with Crippen LogP contribution in [0.25, 0.3) is 0 Å². The van der Waals surface area contributed by atoms with E-state index in [2.05, 4.69) is 5.09 Å². The monoisotopic (exact) mass is 165 g/mol. The molecule has 0 bridgehead atoms. The second-order valence-electron chi connectivity index (χ2n) is 1.58. The Morgan fingerprint density at radius 1 is 1.60 bits per heavy atom. The second kappa shape index (κ2) is 4.43. The lowest BCUT2D eigenvalue weighted by atomic mass is 10.6. The first-order valence-corrected chi connectivity index (χ1v) is 4.38. The Kier molecular flexibility index (Phi) is 4.26. The topological polar surface area (TPSA) is 119 Å². The highest BCUT2D eigenvalue weighted by molar-refractivity contribution is 7.57. The predicted molar refractivity (Wildman–Crippen MR) is 40.4 cm³/mol. The van der Waals surface area contributed by atoms with E-state index in [0.717, 1.165) is 0 Å². The molecule has 7 heteroatoms. The SMILES string of the molecule is NC=CCNP(N)(=O)NN. The van der Waals surface area contributed by atoms with Crippen molar-refractivity contribution in [2.75, 3.05) is 6.54 Å². The fourth-order valence-electron chi connectivity index (χ4n) is 0.302. The Morgan fingerprint density at radius 3 is 2.60 bits per heavy atom. The van der Waals surface area contributed by atoms with Gasteiger partial charge in [0.2, 0.25) is 0 Å². The molecule has 0 aliphatic rings. The Labute approximate surface area is 59.3 Å². The molecule has 10 heavy (non-hydrogen) atoms. The van der Waals surface area contributed by atoms with Crippen molar-refractivity contribution in [3.05, 3.63) is 12.3 Å². The fourth-order valence-corrected chi connectivity index (χ4v) is 0.770. The van der Waals surface area contributed by atoms with E-state index < -0.39 is 7.59 Å². The maximum atomic E-state index is 10.8. The van der Waals surface area contributed by atoms with Gasteiger partial charge in [0.15, 0.2) is 0 Å². The van der Waals surface area contributed by atoms with Gasteiger partial charge < -0.3 is 5.73 Å². The summed E-state index contributed by atoms with van der Waals surface area (Å²) in [6.07, 6.45) is 2.89. The molecule has 1 unspecified atom stereocenters. The van der Waals surface area contributed by atoms with E-state index in [-0.39, 0.29) is 0 Å². The number of nitrogens with one attached hydrogen (secondary N) is 2. The van der Waals surface area contributed by atoms with E-state index in [1.807, 2.05) is 5.20 Å². The van der Waals surface area contributed by atoms with Crippen LogP contribution in [0, 0.1) is 0 Å². The molecule has 0 aromatic rings. The van der Waals surface area contributed by atoms with Gasteiger partial charge in [0.05, 0.1) is 0 Å². The van der Waals surface area contributed by atoms with Crippen LogP contribution in [0.2, 0.25) is 0 Å². The molecule has 0 rings (SSSR count). The van der Waals surface area contributed by atoms with Crippen molar-refractivity contribution in [2.45, 2.75) is 0 Å². The van der Waals surface area contributed by atoms with Gasteiger partial charge in [0.1, 0.15) is 0 Å². The molecule has 60 valence electrons. The molecule has 0 fully saturated rings. The average molecular weight is 165 g/mol. The van der Waals surface area contributed by atoms with Crippen LogP contribution < -0.4 is 27.4 Å². The maximum Gasteiger partial charge on any atom is 0.289 e. The smallest absolute Gasteiger partial charge is 0.289 e. The molecule has 1 atom stereocenters. The molecule has 6 nitrogen and oxygen atoms in total. The van der Waals surface area contributed by atoms with Crippen molar-refractivity contribution in [1.29, 1.82) is 0 Å². The molecule has 0 aliphatic heterocycles. The van der Waals surface area contributed by atoms with Gasteiger partial charge in [-0.05, 0) is 6.20 Å². The Bertz CT molecular complexity index is 157. The molecule has 0 aromatic carbocycles. The summed E-state index contributed by atoms with van der Waals surface area (Å²) in [5, 5.41) is 4.39. The first-order valence-electron chi connectivity index (χ1n) is 2.61. The molecule has 0 aliphatic carbocycles. The number of hydrazine groups is 1. The van der Waals surface area contributed by atoms with E-state index in [0.29, 0.717) is 6.54 Å². The van der Waals surface area contributed by atoms with Gasteiger partial charge >= 0.3 is 0 Å². The molecule has 8 N–H and O–H groups in total. The lowest BCUT2D eigenvalue weighted by molar-refractivity contribution is 0.558. The van der Waals surface area contributed by atoms with Crippen molar-refractivity contribution in [3.63, 3.8) is 0 Å². The predicted octanol–water partition coefficient (Wildman–Crippen LogP) is -1.42. The van der Waals surface area contributed by atoms with Gasteiger partial charge in [-0.25, -0.2) is 5.09 Å². The maximum absolute atomic E-state index is 10.8. The van der Waals surface area contributed by atoms with Crippen LogP contribution in [-0.4, -0.2) is 6.54 Å². The van der Waals surface area contributed by atoms with Crippen LogP contribution in [0.1, 0.15) is 0 Å². The highest BCUT2D eigenvalue weighted by Crippen LogP contribution is 2.20. The molecular formula is C3H12N5OP. The summed E-state index contributed by atoms with van der Waals surface area (Å²) in [5.41, 5.74) is 10.1. The average Bonchev–Trinajstić information content (AvgIpc) is 1.89. The highest BCUT2D eigenvalue weighted by Gasteiger charge is 2.08. The quantitative estimate of drug-likeness (QED) is 0.198. The Morgan fingerprint density at radius 2 is 2.20 bits per heavy atom. The van der Waals surface area contributed by atoms with E-state index in [9.17, 15) is 4.57 Å².